The summed E-state index contributed by atoms with van der Waals surface area (Å²) >= 11 is 3.49. The maximum absolute atomic E-state index is 11.6. The molecule has 0 aliphatic heterocycles. The summed E-state index contributed by atoms with van der Waals surface area (Å²) in [7, 11) is 0. The summed E-state index contributed by atoms with van der Waals surface area (Å²) < 4.78 is 6.06. The lowest BCUT2D eigenvalue weighted by molar-refractivity contribution is -0.143. The Labute approximate surface area is 103 Å². The average molecular weight is 281 g/mol. The zero-order chi connectivity index (χ0) is 11.7. The maximum Gasteiger partial charge on any atom is 0.317 e. The van der Waals surface area contributed by atoms with Crippen molar-refractivity contribution in [2.24, 2.45) is 5.92 Å². The molecule has 1 aromatic carbocycles. The highest BCUT2D eigenvalue weighted by Gasteiger charge is 2.41. The molecule has 0 bridgehead atoms. The van der Waals surface area contributed by atoms with Crippen LogP contribution in [0.15, 0.2) is 34.3 Å². The van der Waals surface area contributed by atoms with Crippen LogP contribution >= 0.6 is 15.9 Å². The van der Waals surface area contributed by atoms with E-state index >= 15 is 0 Å². The van der Waals surface area contributed by atoms with Gasteiger partial charge in [-0.25, -0.2) is 0 Å². The molecule has 1 atom stereocenters. The summed E-state index contributed by atoms with van der Waals surface area (Å²) in [6, 6.07) is 7.93. The SMILES string of the molecule is CCOC(=O)C1C(C)=C1c1ccccc1Br. The smallest absolute Gasteiger partial charge is 0.317 e. The molecule has 84 valence electrons. The van der Waals surface area contributed by atoms with Crippen LogP contribution in [0.1, 0.15) is 19.4 Å². The highest BCUT2D eigenvalue weighted by Crippen LogP contribution is 2.49. The predicted octanol–water partition coefficient (Wildman–Crippen LogP) is 3.42. The Kier molecular flexibility index (Phi) is 3.15. The zero-order valence-electron chi connectivity index (χ0n) is 9.29. The van der Waals surface area contributed by atoms with Crippen molar-refractivity contribution in [2.45, 2.75) is 13.8 Å². The van der Waals surface area contributed by atoms with Gasteiger partial charge >= 0.3 is 5.97 Å². The highest BCUT2D eigenvalue weighted by atomic mass is 79.9. The normalized spacial score (nSPS) is 18.6. The average Bonchev–Trinajstić information content (AvgIpc) is 2.91. The summed E-state index contributed by atoms with van der Waals surface area (Å²) in [5.74, 6) is -0.260. The van der Waals surface area contributed by atoms with Gasteiger partial charge in [-0.3, -0.25) is 4.79 Å². The van der Waals surface area contributed by atoms with Crippen molar-refractivity contribution in [2.75, 3.05) is 6.61 Å². The zero-order valence-corrected chi connectivity index (χ0v) is 10.9. The molecule has 0 amide bonds. The second-order valence-electron chi connectivity index (χ2n) is 3.76. The molecule has 1 aromatic rings. The molecule has 2 rings (SSSR count). The van der Waals surface area contributed by atoms with Crippen molar-refractivity contribution < 1.29 is 9.53 Å². The van der Waals surface area contributed by atoms with Crippen molar-refractivity contribution in [1.29, 1.82) is 0 Å². The van der Waals surface area contributed by atoms with Crippen LogP contribution in [0.3, 0.4) is 0 Å². The number of ether oxygens (including phenoxy) is 1. The lowest BCUT2D eigenvalue weighted by atomic mass is 10.1. The second-order valence-corrected chi connectivity index (χ2v) is 4.62. The van der Waals surface area contributed by atoms with Gasteiger partial charge in [-0.15, -0.1) is 0 Å². The summed E-state index contributed by atoms with van der Waals surface area (Å²) in [4.78, 5) is 11.6. The summed E-state index contributed by atoms with van der Waals surface area (Å²) in [5.41, 5.74) is 3.31. The third kappa shape index (κ3) is 1.92. The quantitative estimate of drug-likeness (QED) is 0.793. The second kappa shape index (κ2) is 4.42. The Hall–Kier alpha value is -1.09. The minimum atomic E-state index is -0.134. The van der Waals surface area contributed by atoms with Crippen LogP contribution in [0, 0.1) is 5.92 Å². The van der Waals surface area contributed by atoms with Crippen LogP contribution in [0.25, 0.3) is 5.57 Å². The van der Waals surface area contributed by atoms with Crippen molar-refractivity contribution in [3.05, 3.63) is 39.9 Å². The van der Waals surface area contributed by atoms with E-state index in [1.54, 1.807) is 0 Å². The number of carbonyl (C=O) groups excluding carboxylic acids is 1. The number of esters is 1. The summed E-state index contributed by atoms with van der Waals surface area (Å²) in [6.07, 6.45) is 0. The standard InChI is InChI=1S/C13H13BrO2/c1-3-16-13(15)12-8(2)11(12)9-6-4-5-7-10(9)14/h4-7,12H,3H2,1-2H3. The molecule has 0 fully saturated rings. The summed E-state index contributed by atoms with van der Waals surface area (Å²) in [6.45, 7) is 4.25. The van der Waals surface area contributed by atoms with E-state index in [9.17, 15) is 4.79 Å². The van der Waals surface area contributed by atoms with E-state index in [1.807, 2.05) is 38.1 Å². The molecule has 0 spiro atoms. The van der Waals surface area contributed by atoms with E-state index in [-0.39, 0.29) is 11.9 Å². The van der Waals surface area contributed by atoms with Crippen LogP contribution in [-0.2, 0) is 9.53 Å². The molecule has 1 aliphatic carbocycles. The third-order valence-corrected chi connectivity index (χ3v) is 3.44. The van der Waals surface area contributed by atoms with Gasteiger partial charge in [0.05, 0.1) is 6.61 Å². The van der Waals surface area contributed by atoms with Crippen LogP contribution in [-0.4, -0.2) is 12.6 Å². The first-order chi connectivity index (χ1) is 7.66. The summed E-state index contributed by atoms with van der Waals surface area (Å²) in [5, 5.41) is 0. The van der Waals surface area contributed by atoms with Crippen molar-refractivity contribution in [3.8, 4) is 0 Å². The van der Waals surface area contributed by atoms with Gasteiger partial charge in [0.1, 0.15) is 5.92 Å². The molecular formula is C13H13BrO2. The number of carbonyl (C=O) groups is 1. The minimum absolute atomic E-state index is 0.126. The number of hydrogen-bond acceptors (Lipinski definition) is 2. The Morgan fingerprint density at radius 3 is 2.75 bits per heavy atom. The van der Waals surface area contributed by atoms with Gasteiger partial charge in [-0.05, 0) is 36.6 Å². The Balaban J connectivity index is 2.20. The molecule has 3 heteroatoms. The van der Waals surface area contributed by atoms with Gasteiger partial charge < -0.3 is 4.74 Å². The van der Waals surface area contributed by atoms with Gasteiger partial charge in [0, 0.05) is 4.47 Å². The molecule has 1 aliphatic rings. The van der Waals surface area contributed by atoms with Gasteiger partial charge in [-0.2, -0.15) is 0 Å². The predicted molar refractivity (Wildman–Crippen MR) is 66.9 cm³/mol. The first-order valence-corrected chi connectivity index (χ1v) is 6.08. The molecule has 0 saturated heterocycles. The van der Waals surface area contributed by atoms with E-state index in [2.05, 4.69) is 15.9 Å². The van der Waals surface area contributed by atoms with Crippen molar-refractivity contribution >= 4 is 27.5 Å². The highest BCUT2D eigenvalue weighted by molar-refractivity contribution is 9.10. The lowest BCUT2D eigenvalue weighted by Gasteiger charge is -2.03. The topological polar surface area (TPSA) is 26.3 Å². The van der Waals surface area contributed by atoms with Crippen LogP contribution in [0.4, 0.5) is 0 Å². The molecule has 2 nitrogen and oxygen atoms in total. The van der Waals surface area contributed by atoms with Crippen LogP contribution < -0.4 is 0 Å². The fourth-order valence-corrected chi connectivity index (χ4v) is 2.40. The molecular weight excluding hydrogens is 268 g/mol. The van der Waals surface area contributed by atoms with Gasteiger partial charge in [-0.1, -0.05) is 34.1 Å². The number of rotatable bonds is 3. The van der Waals surface area contributed by atoms with Gasteiger partial charge in [0.25, 0.3) is 0 Å². The van der Waals surface area contributed by atoms with E-state index in [0.29, 0.717) is 6.61 Å². The third-order valence-electron chi connectivity index (χ3n) is 2.75. The van der Waals surface area contributed by atoms with Crippen molar-refractivity contribution in [1.82, 2.24) is 0 Å². The number of benzene rings is 1. The monoisotopic (exact) mass is 280 g/mol. The van der Waals surface area contributed by atoms with Gasteiger partial charge in [0.2, 0.25) is 0 Å². The van der Waals surface area contributed by atoms with Crippen molar-refractivity contribution in [3.63, 3.8) is 0 Å². The van der Waals surface area contributed by atoms with Crippen LogP contribution in [0.5, 0.6) is 0 Å². The number of halogens is 1. The van der Waals surface area contributed by atoms with E-state index < -0.39 is 0 Å². The molecule has 0 aromatic heterocycles. The maximum atomic E-state index is 11.6. The number of hydrogen-bond donors (Lipinski definition) is 0. The van der Waals surface area contributed by atoms with Gasteiger partial charge in [0.15, 0.2) is 0 Å². The van der Waals surface area contributed by atoms with E-state index in [1.165, 1.54) is 0 Å². The lowest BCUT2D eigenvalue weighted by Crippen LogP contribution is -2.09. The van der Waals surface area contributed by atoms with E-state index in [4.69, 9.17) is 4.74 Å². The molecule has 16 heavy (non-hydrogen) atoms. The first kappa shape index (κ1) is 11.4. The Morgan fingerprint density at radius 2 is 2.12 bits per heavy atom. The molecule has 0 N–H and O–H groups in total. The molecule has 1 unspecified atom stereocenters. The van der Waals surface area contributed by atoms with Crippen LogP contribution in [0.2, 0.25) is 0 Å². The fourth-order valence-electron chi connectivity index (χ4n) is 1.90. The first-order valence-electron chi connectivity index (χ1n) is 5.29. The molecule has 0 saturated carbocycles. The Bertz CT molecular complexity index is 463. The minimum Gasteiger partial charge on any atom is -0.465 e. The fraction of sp³-hybridized carbons (Fsp3) is 0.308. The molecule has 0 heterocycles. The molecule has 0 radical (unpaired) electrons. The Morgan fingerprint density at radius 1 is 1.44 bits per heavy atom. The largest absolute Gasteiger partial charge is 0.465 e. The van der Waals surface area contributed by atoms with E-state index in [0.717, 1.165) is 21.2 Å².